The van der Waals surface area contributed by atoms with Crippen molar-refractivity contribution in [1.82, 2.24) is 9.96 Å². The highest BCUT2D eigenvalue weighted by Crippen LogP contribution is 2.27. The number of amides is 2. The van der Waals surface area contributed by atoms with Gasteiger partial charge in [0.05, 0.1) is 6.04 Å². The molecule has 1 fully saturated rings. The molecule has 1 saturated heterocycles. The number of piperidine rings is 1. The number of carbonyl (C=O) groups excluding carboxylic acids is 3. The Morgan fingerprint density at radius 1 is 1.03 bits per heavy atom. The van der Waals surface area contributed by atoms with E-state index in [2.05, 4.69) is 0 Å². The maximum atomic E-state index is 13.0. The number of benzene rings is 2. The second-order valence-electron chi connectivity index (χ2n) is 9.09. The van der Waals surface area contributed by atoms with Gasteiger partial charge in [-0.25, -0.2) is 14.7 Å². The van der Waals surface area contributed by atoms with Crippen molar-refractivity contribution < 1.29 is 28.7 Å². The number of rotatable bonds is 6. The van der Waals surface area contributed by atoms with Gasteiger partial charge < -0.3 is 9.47 Å². The number of likely N-dealkylation sites (tertiary alicyclic amines) is 1. The van der Waals surface area contributed by atoms with Gasteiger partial charge in [-0.15, -0.1) is 0 Å². The van der Waals surface area contributed by atoms with Crippen LogP contribution >= 0.6 is 23.2 Å². The van der Waals surface area contributed by atoms with Gasteiger partial charge in [0.2, 0.25) is 0 Å². The van der Waals surface area contributed by atoms with Crippen molar-refractivity contribution in [2.45, 2.75) is 57.9 Å². The van der Waals surface area contributed by atoms with Crippen LogP contribution in [0.3, 0.4) is 0 Å². The number of esters is 1. The molecule has 10 heteroatoms. The first kappa shape index (κ1) is 26.8. The molecule has 0 radical (unpaired) electrons. The second-order valence-corrected chi connectivity index (χ2v) is 9.85. The van der Waals surface area contributed by atoms with E-state index >= 15 is 0 Å². The lowest BCUT2D eigenvalue weighted by Crippen LogP contribution is -2.58. The van der Waals surface area contributed by atoms with Gasteiger partial charge in [-0.05, 0) is 75.0 Å². The Bertz CT molecular complexity index is 1030. The molecule has 0 bridgehead atoms. The summed E-state index contributed by atoms with van der Waals surface area (Å²) < 4.78 is 11.0. The lowest BCUT2D eigenvalue weighted by atomic mass is 9.98. The van der Waals surface area contributed by atoms with Crippen molar-refractivity contribution in [3.63, 3.8) is 0 Å². The predicted octanol–water partition coefficient (Wildman–Crippen LogP) is 5.81. The van der Waals surface area contributed by atoms with Crippen molar-refractivity contribution in [1.29, 1.82) is 0 Å². The molecular formula is C25H28Cl2N2O6. The molecule has 0 aromatic heterocycles. The third kappa shape index (κ3) is 7.85. The molecule has 35 heavy (non-hydrogen) atoms. The largest absolute Gasteiger partial charge is 0.444 e. The lowest BCUT2D eigenvalue weighted by molar-refractivity contribution is -0.165. The summed E-state index contributed by atoms with van der Waals surface area (Å²) in [5.41, 5.74) is 0.0557. The first-order valence-corrected chi connectivity index (χ1v) is 11.9. The molecule has 1 aliphatic heterocycles. The molecule has 1 aliphatic rings. The topological polar surface area (TPSA) is 85.4 Å². The van der Waals surface area contributed by atoms with Gasteiger partial charge in [0.1, 0.15) is 24.0 Å². The summed E-state index contributed by atoms with van der Waals surface area (Å²) in [6.07, 6.45) is -0.135. The first-order valence-electron chi connectivity index (χ1n) is 11.2. The number of ether oxygens (including phenoxy) is 2. The quantitative estimate of drug-likeness (QED) is 0.156. The highest BCUT2D eigenvalue weighted by Gasteiger charge is 2.42. The third-order valence-electron chi connectivity index (χ3n) is 5.21. The molecular weight excluding hydrogens is 495 g/mol. The van der Waals surface area contributed by atoms with Crippen LogP contribution in [0.5, 0.6) is 5.75 Å². The Morgan fingerprint density at radius 2 is 1.69 bits per heavy atom. The van der Waals surface area contributed by atoms with Crippen LogP contribution in [0.1, 0.15) is 39.2 Å². The fourth-order valence-electron chi connectivity index (χ4n) is 3.62. The number of hydrogen-bond donors (Lipinski definition) is 0. The van der Waals surface area contributed by atoms with Crippen molar-refractivity contribution in [3.05, 3.63) is 65.2 Å². The standard InChI is InChI=1S/C25H28Cl2N2O6/c1-25(2,3)35-24(32)28-15-19(29(23(27)31)33-16-17-7-5-4-6-8-17)11-14-21(28)22(30)34-20-12-9-18(26)10-13-20/h4-10,12-13,19,21H,11,14-16H2,1-3H3/t19-,21+/m1/s1. The zero-order valence-electron chi connectivity index (χ0n) is 19.8. The molecule has 3 rings (SSSR count). The minimum atomic E-state index is -0.918. The van der Waals surface area contributed by atoms with E-state index in [4.69, 9.17) is 37.5 Å². The third-order valence-corrected chi connectivity index (χ3v) is 5.63. The van der Waals surface area contributed by atoms with Crippen LogP contribution in [-0.4, -0.2) is 51.6 Å². The lowest BCUT2D eigenvalue weighted by Gasteiger charge is -2.41. The Balaban J connectivity index is 1.76. The Kier molecular flexibility index (Phi) is 8.99. The van der Waals surface area contributed by atoms with E-state index < -0.39 is 35.1 Å². The first-order chi connectivity index (χ1) is 16.5. The molecule has 8 nitrogen and oxygen atoms in total. The normalized spacial score (nSPS) is 18.0. The van der Waals surface area contributed by atoms with Crippen LogP contribution < -0.4 is 4.74 Å². The van der Waals surface area contributed by atoms with E-state index in [0.717, 1.165) is 10.6 Å². The molecule has 1 heterocycles. The van der Waals surface area contributed by atoms with Crippen LogP contribution in [0.2, 0.25) is 5.02 Å². The summed E-state index contributed by atoms with van der Waals surface area (Å²) in [5.74, 6) is -0.319. The van der Waals surface area contributed by atoms with Crippen molar-refractivity contribution in [2.75, 3.05) is 6.54 Å². The van der Waals surface area contributed by atoms with Gasteiger partial charge in [0, 0.05) is 11.6 Å². The van der Waals surface area contributed by atoms with E-state index in [1.165, 1.54) is 4.90 Å². The minimum Gasteiger partial charge on any atom is -0.444 e. The van der Waals surface area contributed by atoms with Crippen molar-refractivity contribution >= 4 is 40.6 Å². The SMILES string of the molecule is CC(C)(C)OC(=O)N1C[C@H](N(OCc2ccccc2)C(=O)Cl)CC[C@H]1C(=O)Oc1ccc(Cl)cc1. The summed E-state index contributed by atoms with van der Waals surface area (Å²) >= 11 is 11.7. The molecule has 2 amide bonds. The van der Waals surface area contributed by atoms with Gasteiger partial charge in [0.15, 0.2) is 0 Å². The van der Waals surface area contributed by atoms with Crippen LogP contribution in [-0.2, 0) is 21.0 Å². The van der Waals surface area contributed by atoms with Gasteiger partial charge >= 0.3 is 17.4 Å². The van der Waals surface area contributed by atoms with Crippen molar-refractivity contribution in [3.8, 4) is 5.75 Å². The summed E-state index contributed by atoms with van der Waals surface area (Å²) in [5, 5.41) is 0.728. The Hall–Kier alpha value is -2.81. The van der Waals surface area contributed by atoms with Gasteiger partial charge in [0.25, 0.3) is 0 Å². The number of nitrogens with zero attached hydrogens (tertiary/aromatic N) is 2. The molecule has 0 N–H and O–H groups in total. The highest BCUT2D eigenvalue weighted by atomic mass is 35.5. The maximum absolute atomic E-state index is 13.0. The number of carbonyl (C=O) groups is 3. The van der Waals surface area contributed by atoms with E-state index in [0.29, 0.717) is 17.2 Å². The number of halogens is 2. The summed E-state index contributed by atoms with van der Waals surface area (Å²) in [7, 11) is 0. The number of hydrogen-bond acceptors (Lipinski definition) is 6. The zero-order valence-corrected chi connectivity index (χ0v) is 21.3. The average Bonchev–Trinajstić information content (AvgIpc) is 2.80. The van der Waals surface area contributed by atoms with Crippen LogP contribution in [0.15, 0.2) is 54.6 Å². The Labute approximate surface area is 214 Å². The maximum Gasteiger partial charge on any atom is 0.411 e. The smallest absolute Gasteiger partial charge is 0.411 e. The second kappa shape index (κ2) is 11.7. The zero-order chi connectivity index (χ0) is 25.6. The number of hydroxylamine groups is 2. The monoisotopic (exact) mass is 522 g/mol. The summed E-state index contributed by atoms with van der Waals surface area (Å²) in [6, 6.07) is 14.1. The van der Waals surface area contributed by atoms with Gasteiger partial charge in [-0.1, -0.05) is 41.9 Å². The van der Waals surface area contributed by atoms with E-state index in [1.54, 1.807) is 45.0 Å². The molecule has 188 valence electrons. The molecule has 2 atom stereocenters. The van der Waals surface area contributed by atoms with Crippen molar-refractivity contribution in [2.24, 2.45) is 0 Å². The van der Waals surface area contributed by atoms with Gasteiger partial charge in [-0.3, -0.25) is 14.5 Å². The van der Waals surface area contributed by atoms with Crippen LogP contribution in [0.4, 0.5) is 9.59 Å². The highest BCUT2D eigenvalue weighted by molar-refractivity contribution is 6.62. The van der Waals surface area contributed by atoms with Crippen LogP contribution in [0.25, 0.3) is 0 Å². The fourth-order valence-corrected chi connectivity index (χ4v) is 3.93. The van der Waals surface area contributed by atoms with Gasteiger partial charge in [-0.2, -0.15) is 0 Å². The molecule has 0 saturated carbocycles. The van der Waals surface area contributed by atoms with Crippen LogP contribution in [0, 0.1) is 0 Å². The molecule has 2 aromatic rings. The van der Waals surface area contributed by atoms with E-state index in [9.17, 15) is 14.4 Å². The molecule has 0 spiro atoms. The summed E-state index contributed by atoms with van der Waals surface area (Å²) in [4.78, 5) is 45.2. The predicted molar refractivity (Wildman–Crippen MR) is 131 cm³/mol. The summed E-state index contributed by atoms with van der Waals surface area (Å²) in [6.45, 7) is 5.27. The van der Waals surface area contributed by atoms with E-state index in [1.807, 2.05) is 30.3 Å². The molecule has 2 aromatic carbocycles. The van der Waals surface area contributed by atoms with E-state index in [-0.39, 0.29) is 19.6 Å². The average molecular weight is 523 g/mol. The molecule has 0 aliphatic carbocycles. The fraction of sp³-hybridized carbons (Fsp3) is 0.400. The molecule has 0 unspecified atom stereocenters. The Morgan fingerprint density at radius 3 is 2.29 bits per heavy atom. The minimum absolute atomic E-state index is 0.0253.